The molecule has 0 fully saturated rings. The van der Waals surface area contributed by atoms with E-state index >= 15 is 0 Å². The van der Waals surface area contributed by atoms with Crippen LogP contribution >= 0.6 is 0 Å². The summed E-state index contributed by atoms with van der Waals surface area (Å²) in [6.45, 7) is 4.31. The van der Waals surface area contributed by atoms with Crippen molar-refractivity contribution in [1.82, 2.24) is 0 Å². The minimum absolute atomic E-state index is 0.365. The molecule has 0 amide bonds. The first-order chi connectivity index (χ1) is 7.93. The average Bonchev–Trinajstić information content (AvgIpc) is 2.26. The molecule has 1 atom stereocenters. The Bertz CT molecular complexity index is 437. The highest BCUT2D eigenvalue weighted by molar-refractivity contribution is 7.90. The Morgan fingerprint density at radius 1 is 1.24 bits per heavy atom. The van der Waals surface area contributed by atoms with E-state index in [-0.39, 0.29) is 0 Å². The maximum atomic E-state index is 11.3. The van der Waals surface area contributed by atoms with Gasteiger partial charge in [0, 0.05) is 18.0 Å². The summed E-state index contributed by atoms with van der Waals surface area (Å²) in [7, 11) is -3.09. The molecule has 17 heavy (non-hydrogen) atoms. The summed E-state index contributed by atoms with van der Waals surface area (Å²) in [4.78, 5) is 0.365. The monoisotopic (exact) mass is 255 g/mol. The van der Waals surface area contributed by atoms with Crippen LogP contribution in [0.5, 0.6) is 0 Å². The van der Waals surface area contributed by atoms with E-state index in [9.17, 15) is 8.42 Å². The largest absolute Gasteiger partial charge is 0.383 e. The van der Waals surface area contributed by atoms with Gasteiger partial charge in [-0.3, -0.25) is 0 Å². The van der Waals surface area contributed by atoms with Crippen molar-refractivity contribution in [1.29, 1.82) is 0 Å². The van der Waals surface area contributed by atoms with Crippen molar-refractivity contribution in [3.8, 4) is 0 Å². The van der Waals surface area contributed by atoms with E-state index in [0.29, 0.717) is 10.9 Å². The molecule has 0 bridgehead atoms. The molecule has 4 heteroatoms. The number of hydrogen-bond acceptors (Lipinski definition) is 3. The summed E-state index contributed by atoms with van der Waals surface area (Å²) in [6, 6.07) is 7.34. The number of rotatable bonds is 6. The van der Waals surface area contributed by atoms with Gasteiger partial charge in [0.05, 0.1) is 4.90 Å². The zero-order chi connectivity index (χ0) is 12.9. The second-order valence-corrected chi connectivity index (χ2v) is 6.50. The van der Waals surface area contributed by atoms with Gasteiger partial charge in [0.1, 0.15) is 0 Å². The fraction of sp³-hybridized carbons (Fsp3) is 0.538. The van der Waals surface area contributed by atoms with Gasteiger partial charge in [0.2, 0.25) is 0 Å². The lowest BCUT2D eigenvalue weighted by molar-refractivity contribution is 0.602. The Balaban J connectivity index is 2.63. The van der Waals surface area contributed by atoms with Crippen LogP contribution in [0.3, 0.4) is 0 Å². The second kappa shape index (κ2) is 6.05. The Kier molecular flexibility index (Phi) is 5.00. The van der Waals surface area contributed by atoms with Gasteiger partial charge in [0.25, 0.3) is 0 Å². The molecule has 0 aliphatic heterocycles. The number of anilines is 1. The number of sulfone groups is 1. The van der Waals surface area contributed by atoms with Crippen LogP contribution in [-0.2, 0) is 9.84 Å². The fourth-order valence-electron chi connectivity index (χ4n) is 1.67. The molecule has 1 rings (SSSR count). The van der Waals surface area contributed by atoms with Gasteiger partial charge in [-0.2, -0.15) is 0 Å². The van der Waals surface area contributed by atoms with Crippen LogP contribution in [0.4, 0.5) is 5.69 Å². The third-order valence-corrected chi connectivity index (χ3v) is 3.81. The lowest BCUT2D eigenvalue weighted by Crippen LogP contribution is -2.14. The summed E-state index contributed by atoms with van der Waals surface area (Å²) in [6.07, 6.45) is 4.75. The highest BCUT2D eigenvalue weighted by Gasteiger charge is 2.07. The van der Waals surface area contributed by atoms with Crippen LogP contribution in [0.1, 0.15) is 33.1 Å². The van der Waals surface area contributed by atoms with E-state index in [0.717, 1.165) is 12.1 Å². The maximum absolute atomic E-state index is 11.3. The third kappa shape index (κ3) is 4.77. The average molecular weight is 255 g/mol. The molecule has 0 radical (unpaired) electrons. The number of hydrogen-bond donors (Lipinski definition) is 1. The van der Waals surface area contributed by atoms with Gasteiger partial charge in [-0.1, -0.05) is 19.8 Å². The predicted octanol–water partition coefficient (Wildman–Crippen LogP) is 3.08. The summed E-state index contributed by atoms with van der Waals surface area (Å²) in [5.74, 6) is 0. The molecule has 1 aromatic rings. The molecule has 3 nitrogen and oxygen atoms in total. The quantitative estimate of drug-likeness (QED) is 0.849. The standard InChI is InChI=1S/C13H21NO2S/c1-4-5-6-11(2)14-12-7-9-13(10-8-12)17(3,15)16/h7-11,14H,4-6H2,1-3H3. The van der Waals surface area contributed by atoms with Crippen LogP contribution in [-0.4, -0.2) is 20.7 Å². The highest BCUT2D eigenvalue weighted by atomic mass is 32.2. The van der Waals surface area contributed by atoms with Crippen molar-refractivity contribution in [3.05, 3.63) is 24.3 Å². The molecule has 0 aliphatic rings. The first-order valence-corrected chi connectivity index (χ1v) is 7.89. The van der Waals surface area contributed by atoms with Crippen molar-refractivity contribution in [2.45, 2.75) is 44.0 Å². The molecule has 96 valence electrons. The third-order valence-electron chi connectivity index (χ3n) is 2.69. The number of benzene rings is 1. The molecule has 0 saturated carbocycles. The van der Waals surface area contributed by atoms with E-state index in [1.807, 2.05) is 12.1 Å². The van der Waals surface area contributed by atoms with Gasteiger partial charge in [0.15, 0.2) is 9.84 Å². The highest BCUT2D eigenvalue weighted by Crippen LogP contribution is 2.15. The number of unbranched alkanes of at least 4 members (excludes halogenated alkanes) is 1. The molecule has 0 aromatic heterocycles. The number of nitrogens with one attached hydrogen (secondary N) is 1. The van der Waals surface area contributed by atoms with E-state index in [1.165, 1.54) is 19.1 Å². The molecular weight excluding hydrogens is 234 g/mol. The zero-order valence-corrected chi connectivity index (χ0v) is 11.5. The summed E-state index contributed by atoms with van der Waals surface area (Å²) < 4.78 is 22.6. The topological polar surface area (TPSA) is 46.2 Å². The van der Waals surface area contributed by atoms with Gasteiger partial charge in [-0.25, -0.2) is 8.42 Å². The Morgan fingerprint density at radius 2 is 1.82 bits per heavy atom. The van der Waals surface area contributed by atoms with Crippen LogP contribution in [0.15, 0.2) is 29.2 Å². The maximum Gasteiger partial charge on any atom is 0.175 e. The predicted molar refractivity (Wildman–Crippen MR) is 72.2 cm³/mol. The smallest absolute Gasteiger partial charge is 0.175 e. The van der Waals surface area contributed by atoms with Gasteiger partial charge < -0.3 is 5.32 Å². The van der Waals surface area contributed by atoms with E-state index in [1.54, 1.807) is 12.1 Å². The SMILES string of the molecule is CCCCC(C)Nc1ccc(S(C)(=O)=O)cc1. The van der Waals surface area contributed by atoms with E-state index in [4.69, 9.17) is 0 Å². The second-order valence-electron chi connectivity index (χ2n) is 4.48. The summed E-state index contributed by atoms with van der Waals surface area (Å²) in [5.41, 5.74) is 0.973. The normalized spacial score (nSPS) is 13.4. The fourth-order valence-corrected chi connectivity index (χ4v) is 2.30. The Labute approximate surface area is 104 Å². The van der Waals surface area contributed by atoms with Crippen LogP contribution in [0.25, 0.3) is 0 Å². The van der Waals surface area contributed by atoms with Crippen molar-refractivity contribution in [2.24, 2.45) is 0 Å². The first-order valence-electron chi connectivity index (χ1n) is 6.00. The molecule has 1 N–H and O–H groups in total. The Morgan fingerprint density at radius 3 is 2.29 bits per heavy atom. The molecule has 0 saturated heterocycles. The Hall–Kier alpha value is -1.03. The van der Waals surface area contributed by atoms with Crippen molar-refractivity contribution < 1.29 is 8.42 Å². The van der Waals surface area contributed by atoms with Gasteiger partial charge in [-0.05, 0) is 37.6 Å². The van der Waals surface area contributed by atoms with Crippen LogP contribution in [0.2, 0.25) is 0 Å². The minimum atomic E-state index is -3.09. The summed E-state index contributed by atoms with van der Waals surface area (Å²) in [5, 5.41) is 3.36. The van der Waals surface area contributed by atoms with E-state index < -0.39 is 9.84 Å². The zero-order valence-electron chi connectivity index (χ0n) is 10.7. The van der Waals surface area contributed by atoms with Gasteiger partial charge in [-0.15, -0.1) is 0 Å². The minimum Gasteiger partial charge on any atom is -0.383 e. The molecule has 0 aliphatic carbocycles. The molecular formula is C13H21NO2S. The van der Waals surface area contributed by atoms with Crippen LogP contribution < -0.4 is 5.32 Å². The molecule has 1 aromatic carbocycles. The van der Waals surface area contributed by atoms with Crippen molar-refractivity contribution in [2.75, 3.05) is 11.6 Å². The van der Waals surface area contributed by atoms with E-state index in [2.05, 4.69) is 19.2 Å². The first kappa shape index (κ1) is 14.0. The van der Waals surface area contributed by atoms with Crippen molar-refractivity contribution in [3.63, 3.8) is 0 Å². The lowest BCUT2D eigenvalue weighted by Gasteiger charge is -2.14. The molecule has 0 heterocycles. The molecule has 1 unspecified atom stereocenters. The van der Waals surface area contributed by atoms with Gasteiger partial charge >= 0.3 is 0 Å². The lowest BCUT2D eigenvalue weighted by atomic mass is 10.1. The van der Waals surface area contributed by atoms with Crippen molar-refractivity contribution >= 4 is 15.5 Å². The van der Waals surface area contributed by atoms with Crippen LogP contribution in [0, 0.1) is 0 Å². The molecule has 0 spiro atoms. The summed E-state index contributed by atoms with van der Waals surface area (Å²) >= 11 is 0.